The molecule has 2 heterocycles. The molecule has 0 saturated heterocycles. The van der Waals surface area contributed by atoms with Crippen molar-refractivity contribution in [1.29, 1.82) is 0 Å². The van der Waals surface area contributed by atoms with Crippen LogP contribution in [0.3, 0.4) is 0 Å². The lowest BCUT2D eigenvalue weighted by Gasteiger charge is -1.98. The normalized spacial score (nSPS) is 10.6. The predicted octanol–water partition coefficient (Wildman–Crippen LogP) is 2.69. The first-order valence-electron chi connectivity index (χ1n) is 5.85. The number of para-hydroxylation sites is 1. The van der Waals surface area contributed by atoms with Crippen LogP contribution in [0.1, 0.15) is 5.69 Å². The van der Waals surface area contributed by atoms with Gasteiger partial charge in [0.15, 0.2) is 0 Å². The van der Waals surface area contributed by atoms with E-state index >= 15 is 0 Å². The Morgan fingerprint density at radius 1 is 1.16 bits per heavy atom. The van der Waals surface area contributed by atoms with E-state index in [1.54, 1.807) is 6.20 Å². The predicted molar refractivity (Wildman–Crippen MR) is 72.1 cm³/mol. The van der Waals surface area contributed by atoms with Crippen LogP contribution >= 0.6 is 0 Å². The van der Waals surface area contributed by atoms with Crippen molar-refractivity contribution in [3.05, 3.63) is 48.3 Å². The fourth-order valence-corrected chi connectivity index (χ4v) is 1.83. The Kier molecular flexibility index (Phi) is 2.72. The van der Waals surface area contributed by atoms with Gasteiger partial charge in [-0.3, -0.25) is 4.98 Å². The molecule has 0 bridgehead atoms. The first-order valence-corrected chi connectivity index (χ1v) is 5.85. The highest BCUT2D eigenvalue weighted by atomic mass is 16.5. The van der Waals surface area contributed by atoms with Gasteiger partial charge < -0.3 is 10.3 Å². The van der Waals surface area contributed by atoms with E-state index in [9.17, 15) is 0 Å². The monoisotopic (exact) mass is 252 g/mol. The molecule has 2 N–H and O–H groups in total. The summed E-state index contributed by atoms with van der Waals surface area (Å²) in [5, 5.41) is 3.97. The molecule has 3 rings (SSSR count). The van der Waals surface area contributed by atoms with Gasteiger partial charge in [0.05, 0.1) is 0 Å². The summed E-state index contributed by atoms with van der Waals surface area (Å²) in [5.41, 5.74) is 9.03. The van der Waals surface area contributed by atoms with Crippen LogP contribution in [-0.2, 0) is 0 Å². The maximum atomic E-state index is 5.89. The molecule has 0 atom stereocenters. The topological polar surface area (TPSA) is 77.8 Å². The zero-order valence-electron chi connectivity index (χ0n) is 10.4. The number of aromatic nitrogens is 3. The number of pyridine rings is 1. The molecular formula is C14H12N4O. The number of rotatable bonds is 2. The first kappa shape index (κ1) is 11.4. The molecule has 3 aromatic rings. The van der Waals surface area contributed by atoms with Crippen LogP contribution in [0.4, 0.5) is 5.69 Å². The number of hydrogen-bond donors (Lipinski definition) is 1. The van der Waals surface area contributed by atoms with Crippen LogP contribution in [0.2, 0.25) is 0 Å². The summed E-state index contributed by atoms with van der Waals surface area (Å²) in [7, 11) is 0. The summed E-state index contributed by atoms with van der Waals surface area (Å²) >= 11 is 0. The first-order chi connectivity index (χ1) is 9.24. The summed E-state index contributed by atoms with van der Waals surface area (Å²) < 4.78 is 5.27. The summed E-state index contributed by atoms with van der Waals surface area (Å²) in [5.74, 6) is 0.950. The molecule has 2 aromatic heterocycles. The minimum absolute atomic E-state index is 0.462. The number of anilines is 1. The van der Waals surface area contributed by atoms with Crippen LogP contribution in [-0.4, -0.2) is 15.1 Å². The standard InChI is InChI=1S/C14H12N4O/c1-9-8-10(6-7-16-9)14-17-13(18-19-14)11-4-2-3-5-12(11)15/h2-8H,15H2,1H3. The van der Waals surface area contributed by atoms with Gasteiger partial charge in [0, 0.05) is 28.7 Å². The van der Waals surface area contributed by atoms with E-state index in [0.29, 0.717) is 17.4 Å². The lowest BCUT2D eigenvalue weighted by atomic mass is 10.2. The lowest BCUT2D eigenvalue weighted by Crippen LogP contribution is -1.90. The van der Waals surface area contributed by atoms with Crippen molar-refractivity contribution in [1.82, 2.24) is 15.1 Å². The van der Waals surface area contributed by atoms with Gasteiger partial charge >= 0.3 is 0 Å². The van der Waals surface area contributed by atoms with Crippen molar-refractivity contribution in [2.45, 2.75) is 6.92 Å². The number of benzene rings is 1. The SMILES string of the molecule is Cc1cc(-c2nc(-c3ccccc3N)no2)ccn1. The van der Waals surface area contributed by atoms with Crippen molar-refractivity contribution < 1.29 is 4.52 Å². The maximum absolute atomic E-state index is 5.89. The van der Waals surface area contributed by atoms with E-state index in [4.69, 9.17) is 10.3 Å². The maximum Gasteiger partial charge on any atom is 0.258 e. The summed E-state index contributed by atoms with van der Waals surface area (Å²) in [6, 6.07) is 11.2. The molecule has 94 valence electrons. The van der Waals surface area contributed by atoms with Crippen molar-refractivity contribution >= 4 is 5.69 Å². The average molecular weight is 252 g/mol. The Bertz CT molecular complexity index is 721. The van der Waals surface area contributed by atoms with Crippen molar-refractivity contribution in [3.8, 4) is 22.8 Å². The minimum atomic E-state index is 0.462. The van der Waals surface area contributed by atoms with E-state index in [0.717, 1.165) is 16.8 Å². The molecule has 0 spiro atoms. The minimum Gasteiger partial charge on any atom is -0.398 e. The van der Waals surface area contributed by atoms with E-state index in [2.05, 4.69) is 15.1 Å². The Morgan fingerprint density at radius 2 is 2.00 bits per heavy atom. The van der Waals surface area contributed by atoms with Gasteiger partial charge in [-0.05, 0) is 31.2 Å². The second-order valence-corrected chi connectivity index (χ2v) is 4.20. The molecule has 5 nitrogen and oxygen atoms in total. The van der Waals surface area contributed by atoms with E-state index in [1.807, 2.05) is 43.3 Å². The quantitative estimate of drug-likeness (QED) is 0.709. The molecule has 0 aliphatic heterocycles. The van der Waals surface area contributed by atoms with Gasteiger partial charge in [0.1, 0.15) is 0 Å². The summed E-state index contributed by atoms with van der Waals surface area (Å²) in [6.45, 7) is 1.91. The van der Waals surface area contributed by atoms with Crippen LogP contribution in [0.15, 0.2) is 47.1 Å². The molecule has 19 heavy (non-hydrogen) atoms. The Balaban J connectivity index is 2.03. The highest BCUT2D eigenvalue weighted by molar-refractivity contribution is 5.71. The second kappa shape index (κ2) is 4.53. The molecule has 0 unspecified atom stereocenters. The molecule has 0 radical (unpaired) electrons. The Hall–Kier alpha value is -2.69. The van der Waals surface area contributed by atoms with Crippen LogP contribution < -0.4 is 5.73 Å². The summed E-state index contributed by atoms with van der Waals surface area (Å²) in [4.78, 5) is 8.50. The molecule has 0 aliphatic rings. The number of hydrogen-bond acceptors (Lipinski definition) is 5. The van der Waals surface area contributed by atoms with Gasteiger partial charge in [-0.15, -0.1) is 0 Å². The van der Waals surface area contributed by atoms with Gasteiger partial charge in [0.25, 0.3) is 5.89 Å². The Morgan fingerprint density at radius 3 is 2.79 bits per heavy atom. The largest absolute Gasteiger partial charge is 0.398 e. The average Bonchev–Trinajstić information content (AvgIpc) is 2.89. The zero-order valence-corrected chi connectivity index (χ0v) is 10.4. The fraction of sp³-hybridized carbons (Fsp3) is 0.0714. The lowest BCUT2D eigenvalue weighted by molar-refractivity contribution is 0.432. The molecule has 5 heteroatoms. The van der Waals surface area contributed by atoms with Crippen molar-refractivity contribution in [2.24, 2.45) is 0 Å². The molecule has 0 aliphatic carbocycles. The van der Waals surface area contributed by atoms with E-state index in [1.165, 1.54) is 0 Å². The third-order valence-electron chi connectivity index (χ3n) is 2.77. The van der Waals surface area contributed by atoms with Crippen LogP contribution in [0, 0.1) is 6.92 Å². The third-order valence-corrected chi connectivity index (χ3v) is 2.77. The highest BCUT2D eigenvalue weighted by Gasteiger charge is 2.12. The fourth-order valence-electron chi connectivity index (χ4n) is 1.83. The Labute approximate surface area is 110 Å². The highest BCUT2D eigenvalue weighted by Crippen LogP contribution is 2.25. The van der Waals surface area contributed by atoms with Gasteiger partial charge in [-0.2, -0.15) is 4.98 Å². The van der Waals surface area contributed by atoms with E-state index < -0.39 is 0 Å². The van der Waals surface area contributed by atoms with Gasteiger partial charge in [0.2, 0.25) is 5.82 Å². The van der Waals surface area contributed by atoms with Crippen molar-refractivity contribution in [2.75, 3.05) is 5.73 Å². The molecule has 0 amide bonds. The molecule has 1 aromatic carbocycles. The molecule has 0 fully saturated rings. The molecular weight excluding hydrogens is 240 g/mol. The zero-order chi connectivity index (χ0) is 13.2. The van der Waals surface area contributed by atoms with Gasteiger partial charge in [-0.1, -0.05) is 17.3 Å². The summed E-state index contributed by atoms with van der Waals surface area (Å²) in [6.07, 6.45) is 1.71. The number of nitrogen functional groups attached to an aromatic ring is 1. The molecule has 0 saturated carbocycles. The number of aryl methyl sites for hydroxylation is 1. The van der Waals surface area contributed by atoms with Crippen LogP contribution in [0.5, 0.6) is 0 Å². The van der Waals surface area contributed by atoms with Crippen molar-refractivity contribution in [3.63, 3.8) is 0 Å². The third kappa shape index (κ3) is 2.18. The number of nitrogens with two attached hydrogens (primary N) is 1. The van der Waals surface area contributed by atoms with E-state index in [-0.39, 0.29) is 0 Å². The smallest absolute Gasteiger partial charge is 0.258 e. The van der Waals surface area contributed by atoms with Gasteiger partial charge in [-0.25, -0.2) is 0 Å². The number of nitrogens with zero attached hydrogens (tertiary/aromatic N) is 3. The second-order valence-electron chi connectivity index (χ2n) is 4.20. The van der Waals surface area contributed by atoms with Crippen LogP contribution in [0.25, 0.3) is 22.8 Å².